The number of nitrogens with one attached hydrogen (secondary N) is 2. The molecule has 198 valence electrons. The molecular formula is C27H39N3O6. The van der Waals surface area contributed by atoms with Crippen molar-refractivity contribution in [1.82, 2.24) is 10.2 Å². The predicted octanol–water partition coefficient (Wildman–Crippen LogP) is 2.48. The Balaban J connectivity index is 1.65. The molecule has 36 heavy (non-hydrogen) atoms. The van der Waals surface area contributed by atoms with E-state index in [9.17, 15) is 19.5 Å². The van der Waals surface area contributed by atoms with Crippen LogP contribution >= 0.6 is 0 Å². The van der Waals surface area contributed by atoms with Gasteiger partial charge in [-0.15, -0.1) is 0 Å². The van der Waals surface area contributed by atoms with E-state index < -0.39 is 29.1 Å². The van der Waals surface area contributed by atoms with Crippen LogP contribution in [-0.4, -0.2) is 70.8 Å². The highest BCUT2D eigenvalue weighted by molar-refractivity contribution is 6.02. The molecular weight excluding hydrogens is 462 g/mol. The van der Waals surface area contributed by atoms with Crippen LogP contribution in [0, 0.1) is 11.8 Å². The first-order valence-electron chi connectivity index (χ1n) is 13.2. The lowest BCUT2D eigenvalue weighted by molar-refractivity contribution is -0.147. The fourth-order valence-corrected chi connectivity index (χ4v) is 6.61. The molecule has 0 aromatic heterocycles. The molecule has 3 heterocycles. The standard InChI is InChI=1S/C27H39N3O6/c1-5-8-17(4)28-24(33)22-27-14-13-26(6-2,36-27)20(21(27)25(34)30(22)15-16-31)23(32)29-18-9-11-19(12-10-18)35-7-3/h9-12,17,20-22,31H,5-8,13-16H2,1-4H3,(H,28,33)(H,29,32)/t17?,20-,21-,22?,26+,27?/m0/s1. The van der Waals surface area contributed by atoms with Crippen molar-refractivity contribution in [3.05, 3.63) is 24.3 Å². The maximum absolute atomic E-state index is 13.8. The van der Waals surface area contributed by atoms with Crippen LogP contribution in [0.3, 0.4) is 0 Å². The number of carbonyl (C=O) groups excluding carboxylic acids is 3. The van der Waals surface area contributed by atoms with Crippen molar-refractivity contribution in [3.63, 3.8) is 0 Å². The van der Waals surface area contributed by atoms with Crippen LogP contribution in [0.5, 0.6) is 5.75 Å². The summed E-state index contributed by atoms with van der Waals surface area (Å²) in [6.07, 6.45) is 3.40. The van der Waals surface area contributed by atoms with Gasteiger partial charge in [0.05, 0.1) is 30.7 Å². The lowest BCUT2D eigenvalue weighted by atomic mass is 9.65. The summed E-state index contributed by atoms with van der Waals surface area (Å²) in [6.45, 7) is 8.16. The van der Waals surface area contributed by atoms with Gasteiger partial charge in [0.2, 0.25) is 17.7 Å². The van der Waals surface area contributed by atoms with Crippen LogP contribution < -0.4 is 15.4 Å². The van der Waals surface area contributed by atoms with Gasteiger partial charge in [-0.1, -0.05) is 20.3 Å². The zero-order valence-corrected chi connectivity index (χ0v) is 21.7. The summed E-state index contributed by atoms with van der Waals surface area (Å²) in [5.41, 5.74) is -1.29. The molecule has 9 nitrogen and oxygen atoms in total. The zero-order chi connectivity index (χ0) is 26.1. The number of aliphatic hydroxyl groups is 1. The summed E-state index contributed by atoms with van der Waals surface area (Å²) in [7, 11) is 0. The molecule has 3 aliphatic heterocycles. The number of carbonyl (C=O) groups is 3. The molecule has 6 atom stereocenters. The molecule has 9 heteroatoms. The number of aliphatic hydroxyl groups excluding tert-OH is 1. The third-order valence-electron chi connectivity index (χ3n) is 8.10. The van der Waals surface area contributed by atoms with Gasteiger partial charge in [0.15, 0.2) is 0 Å². The number of nitrogens with zero attached hydrogens (tertiary/aromatic N) is 1. The molecule has 3 unspecified atom stereocenters. The van der Waals surface area contributed by atoms with Gasteiger partial charge in [-0.05, 0) is 63.8 Å². The average Bonchev–Trinajstić information content (AvgIpc) is 3.45. The van der Waals surface area contributed by atoms with E-state index in [1.54, 1.807) is 24.3 Å². The molecule has 3 fully saturated rings. The van der Waals surface area contributed by atoms with Crippen molar-refractivity contribution < 1.29 is 29.0 Å². The minimum atomic E-state index is -1.08. The normalized spacial score (nSPS) is 31.3. The Morgan fingerprint density at radius 2 is 1.92 bits per heavy atom. The molecule has 1 aromatic rings. The Morgan fingerprint density at radius 1 is 1.19 bits per heavy atom. The first kappa shape index (κ1) is 26.4. The quantitative estimate of drug-likeness (QED) is 0.429. The smallest absolute Gasteiger partial charge is 0.246 e. The fourth-order valence-electron chi connectivity index (χ4n) is 6.61. The minimum Gasteiger partial charge on any atom is -0.494 e. The average molecular weight is 502 g/mol. The molecule has 3 saturated heterocycles. The van der Waals surface area contributed by atoms with Crippen LogP contribution in [0.4, 0.5) is 5.69 Å². The SMILES string of the molecule is CCCC(C)NC(=O)C1N(CCO)C(=O)[C@@H]2[C@@H](C(=O)Nc3ccc(OCC)cc3)[C@@]3(CC)CCC12O3. The molecule has 3 amide bonds. The Labute approximate surface area is 212 Å². The summed E-state index contributed by atoms with van der Waals surface area (Å²) < 4.78 is 12.2. The van der Waals surface area contributed by atoms with Crippen LogP contribution in [0.25, 0.3) is 0 Å². The number of likely N-dealkylation sites (tertiary alicyclic amines) is 1. The number of fused-ring (bicyclic) bond motifs is 1. The van der Waals surface area contributed by atoms with E-state index in [-0.39, 0.29) is 36.9 Å². The monoisotopic (exact) mass is 501 g/mol. The van der Waals surface area contributed by atoms with E-state index in [1.165, 1.54) is 4.90 Å². The molecule has 1 spiro atoms. The lowest BCUT2D eigenvalue weighted by Crippen LogP contribution is -2.56. The number of ether oxygens (including phenoxy) is 2. The Bertz CT molecular complexity index is 984. The third kappa shape index (κ3) is 4.26. The first-order chi connectivity index (χ1) is 17.3. The zero-order valence-electron chi connectivity index (χ0n) is 21.7. The number of hydrogen-bond acceptors (Lipinski definition) is 6. The van der Waals surface area contributed by atoms with E-state index in [0.717, 1.165) is 12.8 Å². The molecule has 0 aliphatic carbocycles. The summed E-state index contributed by atoms with van der Waals surface area (Å²) in [5.74, 6) is -1.67. The van der Waals surface area contributed by atoms with Crippen molar-refractivity contribution in [2.75, 3.05) is 25.1 Å². The van der Waals surface area contributed by atoms with Gasteiger partial charge in [-0.25, -0.2) is 0 Å². The predicted molar refractivity (Wildman–Crippen MR) is 134 cm³/mol. The number of benzene rings is 1. The largest absolute Gasteiger partial charge is 0.494 e. The molecule has 3 aliphatic rings. The molecule has 3 N–H and O–H groups in total. The maximum atomic E-state index is 13.8. The second-order valence-corrected chi connectivity index (χ2v) is 10.2. The van der Waals surface area contributed by atoms with E-state index in [2.05, 4.69) is 17.6 Å². The van der Waals surface area contributed by atoms with E-state index in [0.29, 0.717) is 37.3 Å². The highest BCUT2D eigenvalue weighted by Gasteiger charge is 2.78. The van der Waals surface area contributed by atoms with Gasteiger partial charge in [0, 0.05) is 18.3 Å². The van der Waals surface area contributed by atoms with Crippen LogP contribution in [-0.2, 0) is 19.1 Å². The van der Waals surface area contributed by atoms with E-state index >= 15 is 0 Å². The number of hydrogen-bond donors (Lipinski definition) is 3. The maximum Gasteiger partial charge on any atom is 0.246 e. The summed E-state index contributed by atoms with van der Waals surface area (Å²) in [4.78, 5) is 42.5. The molecule has 4 rings (SSSR count). The topological polar surface area (TPSA) is 117 Å². The molecule has 0 radical (unpaired) electrons. The van der Waals surface area contributed by atoms with Gasteiger partial charge in [-0.2, -0.15) is 0 Å². The highest BCUT2D eigenvalue weighted by Crippen LogP contribution is 2.64. The van der Waals surface area contributed by atoms with E-state index in [4.69, 9.17) is 9.47 Å². The Hall–Kier alpha value is -2.65. The van der Waals surface area contributed by atoms with Crippen molar-refractivity contribution >= 4 is 23.4 Å². The summed E-state index contributed by atoms with van der Waals surface area (Å²) >= 11 is 0. The van der Waals surface area contributed by atoms with Crippen LogP contribution in [0.2, 0.25) is 0 Å². The third-order valence-corrected chi connectivity index (χ3v) is 8.10. The van der Waals surface area contributed by atoms with Crippen molar-refractivity contribution in [2.24, 2.45) is 11.8 Å². The lowest BCUT2D eigenvalue weighted by Gasteiger charge is -2.34. The van der Waals surface area contributed by atoms with Crippen molar-refractivity contribution in [1.29, 1.82) is 0 Å². The fraction of sp³-hybridized carbons (Fsp3) is 0.667. The minimum absolute atomic E-state index is 0.0209. The Morgan fingerprint density at radius 3 is 2.53 bits per heavy atom. The van der Waals surface area contributed by atoms with Gasteiger partial charge in [0.25, 0.3) is 0 Å². The number of β-amino-alcohol motifs (C(OH)–C–C–N with tert-alkyl or cyclic N) is 1. The molecule has 2 bridgehead atoms. The van der Waals surface area contributed by atoms with Crippen molar-refractivity contribution in [2.45, 2.75) is 83.1 Å². The summed E-state index contributed by atoms with van der Waals surface area (Å²) in [6, 6.07) is 6.18. The number of amides is 3. The van der Waals surface area contributed by atoms with Gasteiger partial charge >= 0.3 is 0 Å². The molecule has 1 aromatic carbocycles. The number of rotatable bonds is 11. The van der Waals surface area contributed by atoms with Crippen LogP contribution in [0.15, 0.2) is 24.3 Å². The van der Waals surface area contributed by atoms with E-state index in [1.807, 2.05) is 20.8 Å². The van der Waals surface area contributed by atoms with Gasteiger partial charge in [0.1, 0.15) is 17.4 Å². The first-order valence-corrected chi connectivity index (χ1v) is 13.2. The van der Waals surface area contributed by atoms with Crippen LogP contribution in [0.1, 0.15) is 59.8 Å². The second-order valence-electron chi connectivity index (χ2n) is 10.2. The number of anilines is 1. The Kier molecular flexibility index (Phi) is 7.61. The summed E-state index contributed by atoms with van der Waals surface area (Å²) in [5, 5.41) is 15.7. The second kappa shape index (κ2) is 10.4. The highest BCUT2D eigenvalue weighted by atomic mass is 16.5. The molecule has 0 saturated carbocycles. The van der Waals surface area contributed by atoms with Gasteiger partial charge < -0.3 is 30.1 Å². The van der Waals surface area contributed by atoms with Gasteiger partial charge in [-0.3, -0.25) is 14.4 Å². The van der Waals surface area contributed by atoms with Crippen molar-refractivity contribution in [3.8, 4) is 5.75 Å².